The van der Waals surface area contributed by atoms with E-state index in [2.05, 4.69) is 24.5 Å². The van der Waals surface area contributed by atoms with Crippen molar-refractivity contribution in [3.8, 4) is 0 Å². The maximum absolute atomic E-state index is 13.3. The molecule has 0 aromatic carbocycles. The predicted octanol–water partition coefficient (Wildman–Crippen LogP) is 9.49. The summed E-state index contributed by atoms with van der Waals surface area (Å²) in [6, 6.07) is 0. The lowest BCUT2D eigenvalue weighted by Crippen LogP contribution is -2.70. The van der Waals surface area contributed by atoms with Crippen LogP contribution in [-0.2, 0) is 76.6 Å². The fourth-order valence-electron chi connectivity index (χ4n) is 14.4. The minimum Gasteiger partial charge on any atom is -0.444 e. The van der Waals surface area contributed by atoms with E-state index in [0.29, 0.717) is 76.8 Å². The third-order valence-electron chi connectivity index (χ3n) is 18.8. The highest BCUT2D eigenvalue weighted by atomic mass is 17.3. The summed E-state index contributed by atoms with van der Waals surface area (Å²) in [7, 11) is 0. The molecule has 10 rings (SSSR count). The molecular formula is C61H100N4O18. The Bertz CT molecular complexity index is 2110. The van der Waals surface area contributed by atoms with E-state index in [1.165, 1.54) is 0 Å². The van der Waals surface area contributed by atoms with Gasteiger partial charge in [0.05, 0.1) is 12.8 Å². The average Bonchev–Trinajstić information content (AvgIpc) is 1.81. The Hall–Kier alpha value is -3.90. The number of nitrogens with zero attached hydrogens (tertiary/aromatic N) is 2. The number of unbranched alkanes of at least 4 members (excludes halogenated alkanes) is 4. The minimum absolute atomic E-state index is 0.00463. The van der Waals surface area contributed by atoms with Crippen molar-refractivity contribution in [2.24, 2.45) is 47.3 Å². The minimum atomic E-state index is -0.945. The zero-order chi connectivity index (χ0) is 60.1. The maximum Gasteiger partial charge on any atom is 0.410 e. The molecule has 22 heteroatoms. The first kappa shape index (κ1) is 65.1. The molecule has 2 spiro atoms. The second kappa shape index (κ2) is 27.0. The Labute approximate surface area is 491 Å². The second-order valence-electron chi connectivity index (χ2n) is 27.6. The number of rotatable bonds is 24. The summed E-state index contributed by atoms with van der Waals surface area (Å²) in [5.74, 6) is -2.70. The van der Waals surface area contributed by atoms with Crippen LogP contribution in [0.1, 0.15) is 205 Å². The lowest BCUT2D eigenvalue weighted by atomic mass is 9.58. The van der Waals surface area contributed by atoms with Crippen LogP contribution in [0.4, 0.5) is 9.59 Å². The van der Waals surface area contributed by atoms with Gasteiger partial charge in [0.25, 0.3) is 0 Å². The molecule has 0 unspecified atom stereocenters. The molecule has 2 aliphatic carbocycles. The molecule has 4 amide bonds. The Morgan fingerprint density at radius 2 is 0.855 bits per heavy atom. The van der Waals surface area contributed by atoms with E-state index < -0.39 is 83.3 Å². The topological polar surface area (TPSA) is 244 Å². The van der Waals surface area contributed by atoms with Gasteiger partial charge in [-0.05, 0) is 143 Å². The van der Waals surface area contributed by atoms with Crippen LogP contribution in [0.2, 0.25) is 0 Å². The zero-order valence-electron chi connectivity index (χ0n) is 51.8. The largest absolute Gasteiger partial charge is 0.444 e. The number of ether oxygens (including phenoxy) is 8. The molecule has 10 aliphatic rings. The number of hydrogen-bond acceptors (Lipinski definition) is 18. The molecule has 22 nitrogen and oxygen atoms in total. The number of amides is 4. The van der Waals surface area contributed by atoms with Gasteiger partial charge in [0.2, 0.25) is 36.0 Å². The summed E-state index contributed by atoms with van der Waals surface area (Å²) in [4.78, 5) is 106. The quantitative estimate of drug-likeness (QED) is 0.0395. The maximum atomic E-state index is 13.3. The van der Waals surface area contributed by atoms with Gasteiger partial charge < -0.3 is 58.3 Å². The Kier molecular flexibility index (Phi) is 21.2. The van der Waals surface area contributed by atoms with Gasteiger partial charge in [-0.3, -0.25) is 19.2 Å². The Balaban J connectivity index is 0.700. The van der Waals surface area contributed by atoms with E-state index >= 15 is 0 Å². The van der Waals surface area contributed by atoms with Gasteiger partial charge in [0, 0.05) is 88.6 Å². The summed E-state index contributed by atoms with van der Waals surface area (Å²) in [5.41, 5.74) is -2.91. The number of fused-ring (bicyclic) bond motifs is 4. The van der Waals surface area contributed by atoms with E-state index in [1.54, 1.807) is 9.80 Å². The van der Waals surface area contributed by atoms with Crippen LogP contribution in [0.3, 0.4) is 0 Å². The van der Waals surface area contributed by atoms with Crippen LogP contribution < -0.4 is 10.6 Å². The molecule has 0 radical (unpaired) electrons. The molecule has 4 bridgehead atoms. The molecule has 2 N–H and O–H groups in total. The number of esters is 2. The molecule has 2 saturated carbocycles. The third kappa shape index (κ3) is 15.6. The fourth-order valence-corrected chi connectivity index (χ4v) is 14.4. The Morgan fingerprint density at radius 3 is 1.24 bits per heavy atom. The highest BCUT2D eigenvalue weighted by molar-refractivity contribution is 5.82. The van der Waals surface area contributed by atoms with Crippen LogP contribution >= 0.6 is 0 Å². The molecular weight excluding hydrogens is 1080 g/mol. The van der Waals surface area contributed by atoms with Crippen LogP contribution in [0.15, 0.2) is 0 Å². The molecule has 0 aromatic rings. The highest BCUT2D eigenvalue weighted by Crippen LogP contribution is 2.62. The first-order valence-electron chi connectivity index (χ1n) is 31.4. The first-order chi connectivity index (χ1) is 39.1. The lowest BCUT2D eigenvalue weighted by Gasteiger charge is -2.59. The molecule has 472 valence electrons. The number of nitrogens with one attached hydrogen (secondary N) is 2. The lowest BCUT2D eigenvalue weighted by molar-refractivity contribution is -0.576. The van der Waals surface area contributed by atoms with E-state index in [-0.39, 0.29) is 73.0 Å². The predicted molar refractivity (Wildman–Crippen MR) is 298 cm³/mol. The summed E-state index contributed by atoms with van der Waals surface area (Å²) in [5, 5.41) is 5.76. The van der Waals surface area contributed by atoms with Crippen LogP contribution in [0.25, 0.3) is 0 Å². The van der Waals surface area contributed by atoms with Crippen molar-refractivity contribution in [3.05, 3.63) is 0 Å². The normalized spacial score (nSPS) is 36.0. The molecule has 8 heterocycles. The molecule has 0 aromatic heterocycles. The molecule has 8 aliphatic heterocycles. The van der Waals surface area contributed by atoms with Crippen molar-refractivity contribution in [3.63, 3.8) is 0 Å². The van der Waals surface area contributed by atoms with Gasteiger partial charge >= 0.3 is 24.1 Å². The van der Waals surface area contributed by atoms with E-state index in [9.17, 15) is 28.8 Å². The van der Waals surface area contributed by atoms with Gasteiger partial charge in [-0.2, -0.15) is 0 Å². The summed E-state index contributed by atoms with van der Waals surface area (Å²) >= 11 is 0. The number of hydrogen-bond donors (Lipinski definition) is 2. The van der Waals surface area contributed by atoms with Gasteiger partial charge in [0.15, 0.2) is 23.8 Å². The highest BCUT2D eigenvalue weighted by Gasteiger charge is 2.71. The zero-order valence-corrected chi connectivity index (χ0v) is 51.8. The number of carbonyl (C=O) groups excluding carboxylic acids is 6. The van der Waals surface area contributed by atoms with Gasteiger partial charge in [-0.15, -0.1) is 0 Å². The van der Waals surface area contributed by atoms with Crippen LogP contribution in [0, 0.1) is 47.3 Å². The van der Waals surface area contributed by atoms with Crippen molar-refractivity contribution in [2.75, 3.05) is 39.3 Å². The van der Waals surface area contributed by atoms with Gasteiger partial charge in [0.1, 0.15) is 11.2 Å². The third-order valence-corrected chi connectivity index (χ3v) is 18.8. The van der Waals surface area contributed by atoms with E-state index in [1.807, 2.05) is 69.2 Å². The van der Waals surface area contributed by atoms with Crippen LogP contribution in [0.5, 0.6) is 0 Å². The van der Waals surface area contributed by atoms with E-state index in [4.69, 9.17) is 57.4 Å². The Morgan fingerprint density at radius 1 is 0.482 bits per heavy atom. The second-order valence-corrected chi connectivity index (χ2v) is 27.6. The average molecular weight is 1180 g/mol. The summed E-state index contributed by atoms with van der Waals surface area (Å²) < 4.78 is 48.7. The standard InChI is InChI=1S/C61H100N4O18/c1-38-20-22-44-40(3)50(74-52-60(44)42(38)28-30-58(11,76-52)80-82-60)72-48(68)26-24-46(66)62-32-18-36-64(54(70)78-56(5,6)7)34-16-14-13-15-17-35-65(55(71)79-57(8,9)10)37-19-33-63-47(67)25-27-49(69)73-51-41(4)45-23-21-39(2)43-29-31-59(12)77-53(75-51)61(43,45)83-81-59/h38-45,50-53H,13-37H2,1-12H3,(H,62,66)(H,63,67)/t38-,39-,40-,41-,42+,43+,44+,45+,50-,51-,52-,53-,58-,59-,60-,61-/m1/s1. The van der Waals surface area contributed by atoms with Crippen LogP contribution in [-0.4, -0.2) is 144 Å². The summed E-state index contributed by atoms with van der Waals surface area (Å²) in [6.45, 7) is 25.4. The monoisotopic (exact) mass is 1180 g/mol. The van der Waals surface area contributed by atoms with E-state index in [0.717, 1.165) is 70.6 Å². The molecule has 8 saturated heterocycles. The summed E-state index contributed by atoms with van der Waals surface area (Å²) in [6.07, 6.45) is 7.52. The van der Waals surface area contributed by atoms with Crippen molar-refractivity contribution >= 4 is 35.9 Å². The molecule has 10 fully saturated rings. The first-order valence-corrected chi connectivity index (χ1v) is 31.4. The SMILES string of the molecule is C[C@H]1[C@H](OC(=O)CCC(=O)NCCCN(CCCCCCCN(CCCNC(=O)CCC(=O)O[C@@H]2O[C@@H]3O[C@@]4(C)CC[C@H]5[C@H](C)CC[C@@H]([C@H]2C)[C@@]35OO4)C(=O)OC(C)(C)C)C(=O)OC(C)(C)C)O[C@@H]2O[C@@]3(C)CC[C@H]4[C@H](C)CC[C@@H]1[C@@]24OO3. The number of carbonyl (C=O) groups is 6. The molecule has 83 heavy (non-hydrogen) atoms. The smallest absolute Gasteiger partial charge is 0.410 e. The van der Waals surface area contributed by atoms with Gasteiger partial charge in [-0.25, -0.2) is 29.1 Å². The van der Waals surface area contributed by atoms with Crippen molar-refractivity contribution in [2.45, 2.75) is 264 Å². The van der Waals surface area contributed by atoms with Crippen molar-refractivity contribution in [1.82, 2.24) is 20.4 Å². The fraction of sp³-hybridized carbons (Fsp3) is 0.902. The van der Waals surface area contributed by atoms with Crippen molar-refractivity contribution in [1.29, 1.82) is 0 Å². The van der Waals surface area contributed by atoms with Crippen molar-refractivity contribution < 1.29 is 86.2 Å². The molecule has 16 atom stereocenters. The van der Waals surface area contributed by atoms with Gasteiger partial charge in [-0.1, -0.05) is 47.0 Å².